The summed E-state index contributed by atoms with van der Waals surface area (Å²) in [5.41, 5.74) is 4.39. The highest BCUT2D eigenvalue weighted by atomic mass is 16.6. The average molecular weight is 399 g/mol. The molecule has 2 heterocycles. The molecule has 1 aromatic rings. The summed E-state index contributed by atoms with van der Waals surface area (Å²) < 4.78 is 10.2. The number of aliphatic hydroxyl groups excluding tert-OH is 1. The first-order chi connectivity index (χ1) is 13.9. The molecule has 0 spiro atoms. The number of ether oxygens (including phenoxy) is 1. The first-order valence-corrected chi connectivity index (χ1v) is 10.5. The molecule has 0 bridgehead atoms. The van der Waals surface area contributed by atoms with E-state index in [9.17, 15) is 9.90 Å². The second-order valence-electron chi connectivity index (χ2n) is 8.07. The molecule has 2 rings (SSSR count). The van der Waals surface area contributed by atoms with Gasteiger partial charge in [-0.25, -0.2) is 4.79 Å². The van der Waals surface area contributed by atoms with Crippen LogP contribution in [0, 0.1) is 5.92 Å². The number of carbonyl (C=O) groups excluding carboxylic acids is 1. The molecule has 1 aliphatic heterocycles. The Morgan fingerprint density at radius 3 is 2.55 bits per heavy atom. The minimum atomic E-state index is -0.453. The normalized spacial score (nSPS) is 17.9. The Hall–Kier alpha value is -2.49. The van der Waals surface area contributed by atoms with Crippen molar-refractivity contribution in [2.45, 2.75) is 72.6 Å². The first kappa shape index (κ1) is 22.8. The predicted octanol–water partition coefficient (Wildman–Crippen LogP) is 6.96. The quantitative estimate of drug-likeness (QED) is 0.323. The van der Waals surface area contributed by atoms with Gasteiger partial charge in [0, 0.05) is 0 Å². The minimum absolute atomic E-state index is 0.0221. The molecule has 4 nitrogen and oxygen atoms in total. The van der Waals surface area contributed by atoms with Gasteiger partial charge in [0.05, 0.1) is 18.1 Å². The van der Waals surface area contributed by atoms with E-state index in [4.69, 9.17) is 9.15 Å². The second kappa shape index (κ2) is 11.5. The number of cyclic esters (lactones) is 1. The minimum Gasteiger partial charge on any atom is -0.504 e. The average Bonchev–Trinajstić information content (AvgIpc) is 3.27. The molecule has 0 unspecified atom stereocenters. The van der Waals surface area contributed by atoms with Gasteiger partial charge in [-0.2, -0.15) is 0 Å². The number of hydrogen-bond acceptors (Lipinski definition) is 4. The van der Waals surface area contributed by atoms with Gasteiger partial charge in [-0.05, 0) is 89.3 Å². The summed E-state index contributed by atoms with van der Waals surface area (Å²) >= 11 is 0. The molecule has 0 aromatic carbocycles. The van der Waals surface area contributed by atoms with E-state index in [1.807, 2.05) is 18.4 Å². The smallest absolute Gasteiger partial charge is 0.343 e. The third-order valence-corrected chi connectivity index (χ3v) is 5.30. The Kier molecular flexibility index (Phi) is 9.04. The van der Waals surface area contributed by atoms with Crippen molar-refractivity contribution >= 4 is 5.97 Å². The Labute approximate surface area is 174 Å². The Morgan fingerprint density at radius 2 is 1.90 bits per heavy atom. The molecule has 0 radical (unpaired) electrons. The molecular formula is C25H34O4. The first-order valence-electron chi connectivity index (χ1n) is 10.5. The molecular weight excluding hydrogens is 364 g/mol. The molecule has 1 atom stereocenters. The van der Waals surface area contributed by atoms with Gasteiger partial charge in [-0.15, -0.1) is 0 Å². The summed E-state index contributed by atoms with van der Waals surface area (Å²) in [4.78, 5) is 11.4. The van der Waals surface area contributed by atoms with Gasteiger partial charge in [0.1, 0.15) is 0 Å². The zero-order chi connectivity index (χ0) is 21.2. The summed E-state index contributed by atoms with van der Waals surface area (Å²) in [5, 5.41) is 9.88. The number of aliphatic hydroxyl groups is 1. The number of carbonyl (C=O) groups is 1. The van der Waals surface area contributed by atoms with Crippen LogP contribution in [0.4, 0.5) is 0 Å². The Bertz CT molecular complexity index is 791. The molecule has 0 aliphatic carbocycles. The molecule has 4 heteroatoms. The van der Waals surface area contributed by atoms with Crippen molar-refractivity contribution in [3.63, 3.8) is 0 Å². The lowest BCUT2D eigenvalue weighted by Gasteiger charge is -2.08. The van der Waals surface area contributed by atoms with Crippen LogP contribution in [-0.2, 0) is 16.0 Å². The van der Waals surface area contributed by atoms with E-state index in [1.165, 1.54) is 16.7 Å². The molecule has 1 aliphatic rings. The highest BCUT2D eigenvalue weighted by Crippen LogP contribution is 2.26. The summed E-state index contributed by atoms with van der Waals surface area (Å²) in [6, 6.07) is 2.02. The van der Waals surface area contributed by atoms with E-state index in [0.717, 1.165) is 44.9 Å². The maximum Gasteiger partial charge on any atom is 0.343 e. The molecule has 29 heavy (non-hydrogen) atoms. The fourth-order valence-electron chi connectivity index (χ4n) is 3.33. The van der Waals surface area contributed by atoms with Gasteiger partial charge < -0.3 is 14.3 Å². The van der Waals surface area contributed by atoms with E-state index in [0.29, 0.717) is 5.76 Å². The van der Waals surface area contributed by atoms with E-state index < -0.39 is 5.97 Å². The van der Waals surface area contributed by atoms with Crippen molar-refractivity contribution in [3.05, 3.63) is 70.6 Å². The molecule has 1 aromatic heterocycles. The van der Waals surface area contributed by atoms with Gasteiger partial charge in [0.15, 0.2) is 11.5 Å². The van der Waals surface area contributed by atoms with E-state index in [2.05, 4.69) is 32.9 Å². The van der Waals surface area contributed by atoms with E-state index in [-0.39, 0.29) is 17.3 Å². The van der Waals surface area contributed by atoms with Crippen molar-refractivity contribution in [1.82, 2.24) is 0 Å². The van der Waals surface area contributed by atoms with Crippen LogP contribution in [0.15, 0.2) is 69.5 Å². The highest BCUT2D eigenvalue weighted by Gasteiger charge is 2.26. The molecule has 0 saturated heterocycles. The summed E-state index contributed by atoms with van der Waals surface area (Å²) in [5.74, 6) is 0.0815. The lowest BCUT2D eigenvalue weighted by Crippen LogP contribution is -1.97. The standard InChI is InChI=1S/C25H34O4/c1-18(8-5-9-19(2)11-7-13-22-14-15-28-17-22)10-6-12-20(3)16-23-24(26)21(4)25(27)29-23/h8,11,14-17,20,26H,5-7,9-10,12-13H2,1-4H3/t20-/m0/s1. The zero-order valence-corrected chi connectivity index (χ0v) is 18.2. The zero-order valence-electron chi connectivity index (χ0n) is 18.2. The fourth-order valence-corrected chi connectivity index (χ4v) is 3.33. The lowest BCUT2D eigenvalue weighted by molar-refractivity contribution is -0.133. The molecule has 0 fully saturated rings. The van der Waals surface area contributed by atoms with Gasteiger partial charge in [0.2, 0.25) is 0 Å². The van der Waals surface area contributed by atoms with E-state index >= 15 is 0 Å². The highest BCUT2D eigenvalue weighted by molar-refractivity contribution is 5.93. The van der Waals surface area contributed by atoms with Crippen LogP contribution in [-0.4, -0.2) is 11.1 Å². The van der Waals surface area contributed by atoms with Gasteiger partial charge in [-0.1, -0.05) is 30.2 Å². The van der Waals surface area contributed by atoms with Gasteiger partial charge >= 0.3 is 5.97 Å². The number of allylic oxidation sites excluding steroid dienone is 5. The van der Waals surface area contributed by atoms with Crippen molar-refractivity contribution in [2.24, 2.45) is 5.92 Å². The number of aryl methyl sites for hydroxylation is 1. The largest absolute Gasteiger partial charge is 0.504 e. The fraction of sp³-hybridized carbons (Fsp3) is 0.480. The summed E-state index contributed by atoms with van der Waals surface area (Å²) in [6.07, 6.45) is 17.4. The van der Waals surface area contributed by atoms with Crippen LogP contribution >= 0.6 is 0 Å². The van der Waals surface area contributed by atoms with Crippen LogP contribution in [0.25, 0.3) is 0 Å². The molecule has 0 saturated carbocycles. The number of rotatable bonds is 11. The van der Waals surface area contributed by atoms with Crippen molar-refractivity contribution in [1.29, 1.82) is 0 Å². The number of esters is 1. The SMILES string of the molecule is CC(=CCCc1ccoc1)CCC=C(C)CCC[C@H](C)C=C1OC(=O)C(C)=C1O. The van der Waals surface area contributed by atoms with Gasteiger partial charge in [-0.3, -0.25) is 0 Å². The third-order valence-electron chi connectivity index (χ3n) is 5.30. The predicted molar refractivity (Wildman–Crippen MR) is 116 cm³/mol. The summed E-state index contributed by atoms with van der Waals surface area (Å²) in [7, 11) is 0. The maximum absolute atomic E-state index is 11.4. The summed E-state index contributed by atoms with van der Waals surface area (Å²) in [6.45, 7) is 8.05. The van der Waals surface area contributed by atoms with Crippen molar-refractivity contribution in [2.75, 3.05) is 0 Å². The molecule has 1 N–H and O–H groups in total. The maximum atomic E-state index is 11.4. The Morgan fingerprint density at radius 1 is 1.17 bits per heavy atom. The molecule has 0 amide bonds. The third kappa shape index (κ3) is 7.80. The van der Waals surface area contributed by atoms with Gasteiger partial charge in [0.25, 0.3) is 0 Å². The monoisotopic (exact) mass is 398 g/mol. The van der Waals surface area contributed by atoms with Crippen LogP contribution in [0.3, 0.4) is 0 Å². The molecule has 158 valence electrons. The number of furan rings is 1. The topological polar surface area (TPSA) is 59.7 Å². The van der Waals surface area contributed by atoms with Crippen LogP contribution in [0.2, 0.25) is 0 Å². The van der Waals surface area contributed by atoms with Crippen molar-refractivity contribution < 1.29 is 19.1 Å². The van der Waals surface area contributed by atoms with E-state index in [1.54, 1.807) is 13.2 Å². The lowest BCUT2D eigenvalue weighted by atomic mass is 9.99. The van der Waals surface area contributed by atoms with Crippen LogP contribution in [0.5, 0.6) is 0 Å². The van der Waals surface area contributed by atoms with Crippen LogP contribution < -0.4 is 0 Å². The van der Waals surface area contributed by atoms with Crippen LogP contribution in [0.1, 0.15) is 71.8 Å². The second-order valence-corrected chi connectivity index (χ2v) is 8.07. The number of hydrogen-bond donors (Lipinski definition) is 1. The van der Waals surface area contributed by atoms with Crippen molar-refractivity contribution in [3.8, 4) is 0 Å². The Balaban J connectivity index is 1.63.